The summed E-state index contributed by atoms with van der Waals surface area (Å²) in [6.07, 6.45) is 4.08. The summed E-state index contributed by atoms with van der Waals surface area (Å²) in [4.78, 5) is 6.48. The number of aromatic nitrogens is 3. The van der Waals surface area contributed by atoms with Crippen LogP contribution < -0.4 is 9.64 Å². The number of pyridine rings is 1. The normalized spacial score (nSPS) is 16.4. The van der Waals surface area contributed by atoms with Gasteiger partial charge in [-0.25, -0.2) is 0 Å². The maximum Gasteiger partial charge on any atom is 0.208 e. The van der Waals surface area contributed by atoms with Gasteiger partial charge in [0.25, 0.3) is 0 Å². The van der Waals surface area contributed by atoms with Crippen LogP contribution in [-0.2, 0) is 0 Å². The second-order valence-corrected chi connectivity index (χ2v) is 5.91. The number of hydrogen-bond donors (Lipinski definition) is 0. The molecular weight excluding hydrogens is 272 g/mol. The average molecular weight is 290 g/mol. The minimum atomic E-state index is 0.618. The fourth-order valence-corrected chi connectivity index (χ4v) is 3.03. The Balaban J connectivity index is 1.47. The van der Waals surface area contributed by atoms with Crippen molar-refractivity contribution in [1.29, 1.82) is 0 Å². The summed E-state index contributed by atoms with van der Waals surface area (Å²) in [7, 11) is 0. The molecule has 0 aliphatic carbocycles. The summed E-state index contributed by atoms with van der Waals surface area (Å²) in [5.74, 6) is 1.54. The zero-order valence-electron chi connectivity index (χ0n) is 11.5. The predicted molar refractivity (Wildman–Crippen MR) is 79.3 cm³/mol. The van der Waals surface area contributed by atoms with E-state index in [1.54, 1.807) is 23.0 Å². The van der Waals surface area contributed by atoms with E-state index in [0.717, 1.165) is 49.1 Å². The van der Waals surface area contributed by atoms with Crippen LogP contribution in [0.25, 0.3) is 0 Å². The van der Waals surface area contributed by atoms with Gasteiger partial charge in [0, 0.05) is 31.0 Å². The molecule has 1 aliphatic heterocycles. The molecule has 106 valence electrons. The van der Waals surface area contributed by atoms with Crippen molar-refractivity contribution in [3.8, 4) is 5.75 Å². The Morgan fingerprint density at radius 2 is 2.25 bits per heavy atom. The molecule has 0 spiro atoms. The van der Waals surface area contributed by atoms with Gasteiger partial charge in [0.2, 0.25) is 5.13 Å². The summed E-state index contributed by atoms with van der Waals surface area (Å²) in [5, 5.41) is 9.06. The van der Waals surface area contributed by atoms with Gasteiger partial charge in [-0.1, -0.05) is 11.3 Å². The molecule has 1 fully saturated rings. The fourth-order valence-electron chi connectivity index (χ4n) is 2.42. The van der Waals surface area contributed by atoms with Crippen LogP contribution in [0.2, 0.25) is 0 Å². The monoisotopic (exact) mass is 290 g/mol. The lowest BCUT2D eigenvalue weighted by molar-refractivity contribution is 0.222. The van der Waals surface area contributed by atoms with Gasteiger partial charge in [0.1, 0.15) is 11.3 Å². The molecule has 5 nitrogen and oxygen atoms in total. The molecule has 0 amide bonds. The third kappa shape index (κ3) is 3.25. The number of anilines is 1. The number of hydrogen-bond acceptors (Lipinski definition) is 6. The number of ether oxygens (including phenoxy) is 1. The molecule has 0 radical (unpaired) electrons. The summed E-state index contributed by atoms with van der Waals surface area (Å²) in [6.45, 7) is 4.85. The molecule has 0 saturated carbocycles. The van der Waals surface area contributed by atoms with E-state index < -0.39 is 0 Å². The zero-order chi connectivity index (χ0) is 13.8. The average Bonchev–Trinajstić information content (AvgIpc) is 3.00. The molecule has 20 heavy (non-hydrogen) atoms. The van der Waals surface area contributed by atoms with Gasteiger partial charge in [0.15, 0.2) is 0 Å². The molecule has 3 heterocycles. The van der Waals surface area contributed by atoms with Gasteiger partial charge in [0.05, 0.1) is 6.61 Å². The van der Waals surface area contributed by atoms with Crippen molar-refractivity contribution in [2.75, 3.05) is 24.6 Å². The van der Waals surface area contributed by atoms with Crippen molar-refractivity contribution >= 4 is 16.5 Å². The second kappa shape index (κ2) is 6.17. The van der Waals surface area contributed by atoms with Gasteiger partial charge < -0.3 is 9.64 Å². The maximum absolute atomic E-state index is 5.87. The number of rotatable bonds is 4. The molecule has 1 saturated heterocycles. The number of nitrogens with zero attached hydrogens (tertiary/aromatic N) is 4. The van der Waals surface area contributed by atoms with Crippen LogP contribution in [0.4, 0.5) is 5.13 Å². The van der Waals surface area contributed by atoms with Crippen molar-refractivity contribution in [3.63, 3.8) is 0 Å². The highest BCUT2D eigenvalue weighted by molar-refractivity contribution is 7.13. The van der Waals surface area contributed by atoms with E-state index in [-0.39, 0.29) is 0 Å². The van der Waals surface area contributed by atoms with E-state index in [0.29, 0.717) is 5.92 Å². The van der Waals surface area contributed by atoms with Gasteiger partial charge >= 0.3 is 0 Å². The van der Waals surface area contributed by atoms with Crippen molar-refractivity contribution in [3.05, 3.63) is 29.5 Å². The van der Waals surface area contributed by atoms with Crippen LogP contribution >= 0.6 is 11.3 Å². The highest BCUT2D eigenvalue weighted by atomic mass is 32.1. The predicted octanol–water partition coefficient (Wildman–Crippen LogP) is 2.54. The van der Waals surface area contributed by atoms with E-state index in [4.69, 9.17) is 4.74 Å². The van der Waals surface area contributed by atoms with Crippen LogP contribution in [-0.4, -0.2) is 34.9 Å². The number of piperidine rings is 1. The van der Waals surface area contributed by atoms with Gasteiger partial charge in [-0.3, -0.25) is 4.98 Å². The van der Waals surface area contributed by atoms with Gasteiger partial charge in [-0.05, 0) is 31.7 Å². The maximum atomic E-state index is 5.87. The lowest BCUT2D eigenvalue weighted by Crippen LogP contribution is -2.35. The standard InChI is InChI=1S/C14H18N4OS/c1-11-8-13(2-5-15-11)19-9-12-3-6-18(7-4-12)14-17-16-10-20-14/h2,5,8,10,12H,3-4,6-7,9H2,1H3. The van der Waals surface area contributed by atoms with E-state index in [9.17, 15) is 0 Å². The minimum absolute atomic E-state index is 0.618. The van der Waals surface area contributed by atoms with Crippen LogP contribution in [0.3, 0.4) is 0 Å². The second-order valence-electron chi connectivity index (χ2n) is 5.10. The quantitative estimate of drug-likeness (QED) is 0.866. The summed E-state index contributed by atoms with van der Waals surface area (Å²) < 4.78 is 5.87. The Bertz CT molecular complexity index is 538. The first-order valence-electron chi connectivity index (χ1n) is 6.88. The minimum Gasteiger partial charge on any atom is -0.493 e. The van der Waals surface area contributed by atoms with Crippen molar-refractivity contribution in [1.82, 2.24) is 15.2 Å². The Labute approximate surface area is 122 Å². The van der Waals surface area contributed by atoms with Gasteiger partial charge in [-0.15, -0.1) is 10.2 Å². The highest BCUT2D eigenvalue weighted by Crippen LogP contribution is 2.24. The molecule has 3 rings (SSSR count). The summed E-state index contributed by atoms with van der Waals surface area (Å²) >= 11 is 1.61. The van der Waals surface area contributed by atoms with Crippen molar-refractivity contribution in [2.24, 2.45) is 5.92 Å². The molecule has 2 aromatic heterocycles. The SMILES string of the molecule is Cc1cc(OCC2CCN(c3nncs3)CC2)ccn1. The molecular formula is C14H18N4OS. The van der Waals surface area contributed by atoms with Crippen molar-refractivity contribution < 1.29 is 4.74 Å². The van der Waals surface area contributed by atoms with E-state index in [1.807, 2.05) is 19.1 Å². The molecule has 0 bridgehead atoms. The Kier molecular flexibility index (Phi) is 4.11. The lowest BCUT2D eigenvalue weighted by Gasteiger charge is -2.31. The van der Waals surface area contributed by atoms with Crippen LogP contribution in [0.15, 0.2) is 23.8 Å². The van der Waals surface area contributed by atoms with E-state index >= 15 is 0 Å². The largest absolute Gasteiger partial charge is 0.493 e. The van der Waals surface area contributed by atoms with E-state index in [1.165, 1.54) is 0 Å². The third-order valence-electron chi connectivity index (χ3n) is 3.59. The summed E-state index contributed by atoms with van der Waals surface area (Å²) in [5.41, 5.74) is 2.78. The first-order valence-corrected chi connectivity index (χ1v) is 7.76. The Morgan fingerprint density at radius 3 is 2.95 bits per heavy atom. The molecule has 1 aliphatic rings. The van der Waals surface area contributed by atoms with Crippen LogP contribution in [0.5, 0.6) is 5.75 Å². The molecule has 2 aromatic rings. The van der Waals surface area contributed by atoms with E-state index in [2.05, 4.69) is 20.1 Å². The van der Waals surface area contributed by atoms with Crippen molar-refractivity contribution in [2.45, 2.75) is 19.8 Å². The highest BCUT2D eigenvalue weighted by Gasteiger charge is 2.21. The Morgan fingerprint density at radius 1 is 1.40 bits per heavy atom. The molecule has 6 heteroatoms. The zero-order valence-corrected chi connectivity index (χ0v) is 12.3. The summed E-state index contributed by atoms with van der Waals surface area (Å²) in [6, 6.07) is 3.90. The van der Waals surface area contributed by atoms with Crippen LogP contribution in [0.1, 0.15) is 18.5 Å². The molecule has 0 aromatic carbocycles. The molecule has 0 N–H and O–H groups in total. The molecule has 0 atom stereocenters. The topological polar surface area (TPSA) is 51.1 Å². The lowest BCUT2D eigenvalue weighted by atomic mass is 9.98. The third-order valence-corrected chi connectivity index (χ3v) is 4.34. The fraction of sp³-hybridized carbons (Fsp3) is 0.500. The first kappa shape index (κ1) is 13.3. The molecule has 0 unspecified atom stereocenters. The van der Waals surface area contributed by atoms with Crippen LogP contribution in [0, 0.1) is 12.8 Å². The first-order chi connectivity index (χ1) is 9.81. The van der Waals surface area contributed by atoms with Gasteiger partial charge in [-0.2, -0.15) is 0 Å². The number of aryl methyl sites for hydroxylation is 1. The Hall–Kier alpha value is -1.69. The smallest absolute Gasteiger partial charge is 0.208 e.